The van der Waals surface area contributed by atoms with E-state index in [1.807, 2.05) is 116 Å². The molecule has 648 valence electrons. The number of rotatable bonds is 21. The Kier molecular flexibility index (Phi) is 50.3. The van der Waals surface area contributed by atoms with Gasteiger partial charge in [0.15, 0.2) is 0 Å². The van der Waals surface area contributed by atoms with Crippen LogP contribution in [-0.4, -0.2) is 68.7 Å². The Labute approximate surface area is 771 Å². The molecule has 0 aromatic heterocycles. The number of carbonyl (C=O) groups excluding carboxylic acids is 2. The first-order valence-electron chi connectivity index (χ1n) is 40.5. The number of alkyl halides is 2. The summed E-state index contributed by atoms with van der Waals surface area (Å²) in [5, 5.41) is 6.57. The van der Waals surface area contributed by atoms with Gasteiger partial charge in [-0.2, -0.15) is 0 Å². The van der Waals surface area contributed by atoms with Crippen LogP contribution in [0.25, 0.3) is 48.6 Å². The Hall–Kier alpha value is -9.14. The van der Waals surface area contributed by atoms with Gasteiger partial charge in [-0.05, 0) is 217 Å². The number of ether oxygens (including phenoxy) is 4. The first kappa shape index (κ1) is 107. The molecule has 122 heavy (non-hydrogen) atoms. The van der Waals surface area contributed by atoms with Gasteiger partial charge in [0.05, 0.1) is 12.4 Å². The molecule has 16 heteroatoms. The smallest absolute Gasteiger partial charge is 0.0967 e. The fourth-order valence-corrected chi connectivity index (χ4v) is 21.0. The standard InChI is InChI=1S/C27H26BrP.C24H29NO2.C19H21N.C16H15Br.C8H15NO2.C7H7BrO.C4H10O.CH2Cl2.ClH/c1-22-13-12-14-23(2)27(22)21-29(28,24-15-6-3-7-16-24,25-17-8-4-9-18-25)26-19-10-5-11-20-26;1-18-9-6-10-19(2)22(18)15-14-21-12-7-11-20(17-21)13-8-16-25-23(26)27-24(3,4)5;1-15-6-3-7-16(2)19(15)12-11-18-9-4-8-17(14-18)10-5-13-20;1-12-5-3-6-13(2)16(12)10-9-14-7-4-8-15(17)11-14;1-5-6-9-7(10)11-8(2,3)4;1-9-7-4-2-3-6(8)5-7;1-3-5-4-2;2-1-3;/h3-20H,21H2,1-2H3;6-15,17H,16H2,1-5H3,(H,25,26);3-12,14H,13,20H2,1-2H3;3-11H,1-2H3;5H,1,6H2,2-4H3,(H,9,10);2-5H,1H3;3-4H2,1-2H3;1H2;1H/b;13-8+,15-14?;10-5+,12-11?;10-9+;;;;;. The van der Waals surface area contributed by atoms with E-state index in [4.69, 9.17) is 47.9 Å². The molecular weight excluding hydrogens is 1790 g/mol. The number of carbonyl (C=O) groups is 2. The van der Waals surface area contributed by atoms with E-state index in [0.29, 0.717) is 19.6 Å². The van der Waals surface area contributed by atoms with Crippen LogP contribution in [0.2, 0.25) is 0 Å². The SMILES string of the molecule is C=CCNC(=O)OC(C)(C)C.CCOCC.COc1cccc(Br)c1.Cc1cccc(C)c1/C=C/c1cccc(Br)c1.Cc1cccc(C)c1C=Cc1cccc(/C=C/CN)c1.Cc1cccc(C)c1C=Cc1cccc(/C=C/CNC(=O)OC(C)(C)C)c1.Cc1cccc(C)c1CP(Br)(c1ccccc1)(c1ccccc1)c1ccccc1.Cl.ClCCl. The van der Waals surface area contributed by atoms with Crippen molar-refractivity contribution < 1.29 is 28.5 Å². The summed E-state index contributed by atoms with van der Waals surface area (Å²) in [7, 11) is 1.65. The quantitative estimate of drug-likeness (QED) is 0.0284. The zero-order valence-corrected chi connectivity index (χ0v) is 82.1. The van der Waals surface area contributed by atoms with Crippen LogP contribution in [0.15, 0.2) is 295 Å². The minimum Gasteiger partial charge on any atom is -0.147 e. The van der Waals surface area contributed by atoms with Crippen LogP contribution in [0.3, 0.4) is 0 Å². The van der Waals surface area contributed by atoms with Gasteiger partial charge in [-0.3, -0.25) is 0 Å². The average Bonchev–Trinajstić information content (AvgIpc) is 0.701. The number of benzene rings is 11. The summed E-state index contributed by atoms with van der Waals surface area (Å²) in [6.45, 7) is 38.9. The number of halogens is 6. The van der Waals surface area contributed by atoms with Gasteiger partial charge in [0.25, 0.3) is 0 Å². The third-order valence-corrected chi connectivity index (χ3v) is 28.8. The second-order valence-corrected chi connectivity index (χ2v) is 41.7. The van der Waals surface area contributed by atoms with Crippen molar-refractivity contribution in [2.24, 2.45) is 5.73 Å². The number of hydrogen-bond donors (Lipinski definition) is 3. The summed E-state index contributed by atoms with van der Waals surface area (Å²) in [4.78, 5) is 22.5. The molecule has 0 bridgehead atoms. The summed E-state index contributed by atoms with van der Waals surface area (Å²) in [5.74, 6) is 0.879. The van der Waals surface area contributed by atoms with Gasteiger partial charge in [0.2, 0.25) is 0 Å². The van der Waals surface area contributed by atoms with Crippen molar-refractivity contribution in [3.63, 3.8) is 0 Å². The summed E-state index contributed by atoms with van der Waals surface area (Å²) in [6.07, 6.45) is 22.7. The van der Waals surface area contributed by atoms with Crippen LogP contribution in [-0.2, 0) is 20.4 Å². The van der Waals surface area contributed by atoms with Gasteiger partial charge in [-0.25, -0.2) is 9.59 Å². The Morgan fingerprint density at radius 3 is 1.02 bits per heavy atom. The van der Waals surface area contributed by atoms with E-state index in [1.54, 1.807) is 13.2 Å². The molecule has 0 saturated carbocycles. The Bertz CT molecular complexity index is 4920. The van der Waals surface area contributed by atoms with E-state index in [-0.39, 0.29) is 17.7 Å². The molecule has 0 unspecified atom stereocenters. The van der Waals surface area contributed by atoms with E-state index in [1.165, 1.54) is 99.4 Å². The number of amides is 2. The van der Waals surface area contributed by atoms with Crippen LogP contribution in [0, 0.1) is 55.4 Å². The topological polar surface area (TPSA) is 121 Å². The molecule has 0 aliphatic heterocycles. The predicted molar refractivity (Wildman–Crippen MR) is 548 cm³/mol. The second kappa shape index (κ2) is 57.3. The van der Waals surface area contributed by atoms with Gasteiger partial charge in [0, 0.05) is 41.8 Å². The molecule has 11 aromatic carbocycles. The Morgan fingerprint density at radius 1 is 0.418 bits per heavy atom. The molecule has 0 spiro atoms. The monoisotopic (exact) mass is 1910 g/mol. The third kappa shape index (κ3) is 39.2. The molecule has 11 aromatic rings. The molecule has 4 N–H and O–H groups in total. The van der Waals surface area contributed by atoms with E-state index in [9.17, 15) is 9.59 Å². The first-order valence-corrected chi connectivity index (χ1v) is 47.6. The van der Waals surface area contributed by atoms with Crippen molar-refractivity contribution in [3.8, 4) is 5.75 Å². The first-order chi connectivity index (χ1) is 57.8. The van der Waals surface area contributed by atoms with Crippen LogP contribution < -0.4 is 37.0 Å². The number of hydrogen-bond acceptors (Lipinski definition) is 7. The molecule has 0 aliphatic rings. The number of methoxy groups -OCH3 is 1. The number of alkyl carbamates (subject to hydrolysis) is 2. The van der Waals surface area contributed by atoms with E-state index in [0.717, 1.165) is 45.2 Å². The van der Waals surface area contributed by atoms with Gasteiger partial charge in [-0.1, -0.05) is 208 Å². The predicted octanol–water partition coefficient (Wildman–Crippen LogP) is 29.4. The molecule has 0 atom stereocenters. The maximum Gasteiger partial charge on any atom is 0.0967 e. The van der Waals surface area contributed by atoms with E-state index >= 15 is 0 Å². The van der Waals surface area contributed by atoms with Crippen molar-refractivity contribution in [1.29, 1.82) is 0 Å². The summed E-state index contributed by atoms with van der Waals surface area (Å²) < 4.78 is 22.1. The van der Waals surface area contributed by atoms with Crippen molar-refractivity contribution >= 4 is 165 Å². The maximum atomic E-state index is 11.6. The normalized spacial score (nSPS) is 11.2. The van der Waals surface area contributed by atoms with Crippen molar-refractivity contribution in [1.82, 2.24) is 10.6 Å². The van der Waals surface area contributed by atoms with Crippen molar-refractivity contribution in [2.75, 3.05) is 45.3 Å². The number of aryl methyl sites for hydroxylation is 8. The average molecular weight is 1920 g/mol. The van der Waals surface area contributed by atoms with Gasteiger partial charge in [-0.15, -0.1) is 42.2 Å². The fourth-order valence-electron chi connectivity index (χ4n) is 12.4. The molecule has 0 heterocycles. The van der Waals surface area contributed by atoms with E-state index in [2.05, 4.69) is 381 Å². The van der Waals surface area contributed by atoms with Crippen molar-refractivity contribution in [2.45, 2.75) is 128 Å². The summed E-state index contributed by atoms with van der Waals surface area (Å²) >= 11 is 20.9. The maximum absolute atomic E-state index is 11.6. The van der Waals surface area contributed by atoms with Crippen molar-refractivity contribution in [3.05, 3.63) is 389 Å². The van der Waals surface area contributed by atoms with Gasteiger partial charge in [0.1, 0.15) is 17.0 Å². The molecule has 0 fully saturated rings. The zero-order valence-electron chi connectivity index (χ0n) is 74.1. The number of nitrogens with two attached hydrogens (primary N) is 1. The molecule has 11 rings (SSSR count). The van der Waals surface area contributed by atoms with Gasteiger partial charge < -0.3 is 35.3 Å². The molecule has 2 amide bonds. The Balaban J connectivity index is 0.000000383. The summed E-state index contributed by atoms with van der Waals surface area (Å²) in [6, 6.07) is 91.5. The fraction of sp³-hybridized carbons (Fsp3) is 0.245. The van der Waals surface area contributed by atoms with Crippen LogP contribution in [0.5, 0.6) is 5.75 Å². The van der Waals surface area contributed by atoms with E-state index < -0.39 is 28.7 Å². The molecule has 0 radical (unpaired) electrons. The zero-order chi connectivity index (χ0) is 89.3. The minimum absolute atomic E-state index is 0. The summed E-state index contributed by atoms with van der Waals surface area (Å²) in [5.41, 5.74) is 26.2. The largest absolute Gasteiger partial charge is 0.147 e. The third-order valence-electron chi connectivity index (χ3n) is 18.4. The van der Waals surface area contributed by atoms with Crippen LogP contribution in [0.4, 0.5) is 9.59 Å². The molecular formula is C106H126Br3Cl3N3O6P. The minimum atomic E-state index is -2.93. The van der Waals surface area contributed by atoms with Gasteiger partial charge >= 0.3 is 195 Å². The molecule has 0 aliphatic carbocycles. The van der Waals surface area contributed by atoms with Crippen LogP contribution in [0.1, 0.15) is 150 Å². The molecule has 9 nitrogen and oxygen atoms in total. The Morgan fingerprint density at radius 2 is 0.721 bits per heavy atom. The molecule has 0 saturated heterocycles. The number of nitrogens with one attached hydrogen (secondary N) is 2. The van der Waals surface area contributed by atoms with Crippen LogP contribution >= 0.6 is 88.3 Å². The second-order valence-electron chi connectivity index (χ2n) is 30.2.